The smallest absolute Gasteiger partial charge is 0.338 e. The van der Waals surface area contributed by atoms with E-state index in [0.717, 1.165) is 14.0 Å². The van der Waals surface area contributed by atoms with Crippen LogP contribution in [0.4, 0.5) is 0 Å². The predicted molar refractivity (Wildman–Crippen MR) is 53.8 cm³/mol. The molecule has 0 heterocycles. The van der Waals surface area contributed by atoms with Crippen molar-refractivity contribution in [2.24, 2.45) is 0 Å². The van der Waals surface area contributed by atoms with Gasteiger partial charge >= 0.3 is 11.9 Å². The molecule has 0 saturated heterocycles. The molecule has 0 aromatic rings. The number of hydrogen-bond donors (Lipinski definition) is 3. The van der Waals surface area contributed by atoms with Gasteiger partial charge in [0.15, 0.2) is 11.7 Å². The zero-order valence-electron chi connectivity index (χ0n) is 9.62. The lowest BCUT2D eigenvalue weighted by atomic mass is 9.79. The predicted octanol–water partition coefficient (Wildman–Crippen LogP) is -1.66. The van der Waals surface area contributed by atoms with Crippen molar-refractivity contribution in [2.75, 3.05) is 7.11 Å². The molecular weight excluding hydrogens is 232 g/mol. The minimum absolute atomic E-state index is 0.352. The van der Waals surface area contributed by atoms with Crippen molar-refractivity contribution in [1.29, 1.82) is 0 Å². The molecule has 1 rings (SSSR count). The van der Waals surface area contributed by atoms with Gasteiger partial charge in [-0.1, -0.05) is 0 Å². The molecule has 0 aromatic heterocycles. The summed E-state index contributed by atoms with van der Waals surface area (Å²) in [6.07, 6.45) is -4.50. The van der Waals surface area contributed by atoms with E-state index in [2.05, 4.69) is 4.74 Å². The van der Waals surface area contributed by atoms with E-state index >= 15 is 0 Å². The number of rotatable bonds is 2. The van der Waals surface area contributed by atoms with E-state index in [4.69, 9.17) is 4.74 Å². The van der Waals surface area contributed by atoms with Crippen LogP contribution in [0, 0.1) is 0 Å². The summed E-state index contributed by atoms with van der Waals surface area (Å²) >= 11 is 0. The molecule has 0 aromatic carbocycles. The van der Waals surface area contributed by atoms with E-state index in [0.29, 0.717) is 0 Å². The molecule has 3 N–H and O–H groups in total. The maximum atomic E-state index is 11.3. The second kappa shape index (κ2) is 4.99. The van der Waals surface area contributed by atoms with Gasteiger partial charge in [-0.2, -0.15) is 0 Å². The summed E-state index contributed by atoms with van der Waals surface area (Å²) in [4.78, 5) is 22.1. The number of carbonyl (C=O) groups is 2. The van der Waals surface area contributed by atoms with Crippen LogP contribution in [0.25, 0.3) is 0 Å². The first-order chi connectivity index (χ1) is 7.80. The molecule has 1 aliphatic rings. The summed E-state index contributed by atoms with van der Waals surface area (Å²) < 4.78 is 9.11. The average Bonchev–Trinajstić information content (AvgIpc) is 2.22. The van der Waals surface area contributed by atoms with Gasteiger partial charge in [0.1, 0.15) is 0 Å². The van der Waals surface area contributed by atoms with Gasteiger partial charge in [-0.3, -0.25) is 4.79 Å². The minimum atomic E-state index is -1.95. The van der Waals surface area contributed by atoms with Crippen molar-refractivity contribution in [2.45, 2.75) is 43.7 Å². The minimum Gasteiger partial charge on any atom is -0.467 e. The van der Waals surface area contributed by atoms with Crippen LogP contribution in [0.1, 0.15) is 19.8 Å². The molecule has 1 fully saturated rings. The van der Waals surface area contributed by atoms with Crippen LogP contribution >= 0.6 is 0 Å². The van der Waals surface area contributed by atoms with Gasteiger partial charge in [-0.05, 0) is 0 Å². The highest BCUT2D eigenvalue weighted by atomic mass is 16.6. The van der Waals surface area contributed by atoms with Gasteiger partial charge in [0.25, 0.3) is 0 Å². The Labute approximate surface area is 98.0 Å². The molecule has 0 spiro atoms. The summed E-state index contributed by atoms with van der Waals surface area (Å²) in [7, 11) is 1.09. The first-order valence-electron chi connectivity index (χ1n) is 5.14. The zero-order chi connectivity index (χ0) is 13.2. The fourth-order valence-corrected chi connectivity index (χ4v) is 1.97. The third kappa shape index (κ3) is 2.93. The van der Waals surface area contributed by atoms with Crippen molar-refractivity contribution in [3.05, 3.63) is 0 Å². The molecule has 2 atom stereocenters. The maximum absolute atomic E-state index is 11.3. The van der Waals surface area contributed by atoms with E-state index < -0.39 is 35.9 Å². The number of aliphatic hydroxyl groups excluding tert-OH is 2. The average molecular weight is 248 g/mol. The van der Waals surface area contributed by atoms with Crippen LogP contribution in [0.15, 0.2) is 0 Å². The van der Waals surface area contributed by atoms with E-state index in [-0.39, 0.29) is 12.8 Å². The van der Waals surface area contributed by atoms with Gasteiger partial charge in [0.2, 0.25) is 0 Å². The van der Waals surface area contributed by atoms with Crippen LogP contribution in [0.5, 0.6) is 0 Å². The van der Waals surface area contributed by atoms with E-state index in [1.807, 2.05) is 0 Å². The number of hydrogen-bond acceptors (Lipinski definition) is 7. The highest BCUT2D eigenvalue weighted by molar-refractivity contribution is 5.79. The largest absolute Gasteiger partial charge is 0.467 e. The Morgan fingerprint density at radius 1 is 1.24 bits per heavy atom. The lowest BCUT2D eigenvalue weighted by Crippen LogP contribution is -2.57. The summed E-state index contributed by atoms with van der Waals surface area (Å²) in [5.41, 5.74) is -1.95. The number of esters is 2. The van der Waals surface area contributed by atoms with Crippen LogP contribution in [0.3, 0.4) is 0 Å². The Morgan fingerprint density at radius 2 is 1.71 bits per heavy atom. The molecule has 0 radical (unpaired) electrons. The summed E-state index contributed by atoms with van der Waals surface area (Å²) in [6, 6.07) is 0. The number of methoxy groups -OCH3 is 1. The van der Waals surface area contributed by atoms with E-state index in [1.54, 1.807) is 0 Å². The maximum Gasteiger partial charge on any atom is 0.338 e. The molecule has 0 aliphatic heterocycles. The Hall–Kier alpha value is -1.18. The van der Waals surface area contributed by atoms with E-state index in [1.165, 1.54) is 0 Å². The molecule has 98 valence electrons. The number of carbonyl (C=O) groups excluding carboxylic acids is 2. The fraction of sp³-hybridized carbons (Fsp3) is 0.800. The van der Waals surface area contributed by atoms with Crippen LogP contribution in [-0.4, -0.2) is 58.3 Å². The Kier molecular flexibility index (Phi) is 4.07. The summed E-state index contributed by atoms with van der Waals surface area (Å²) in [5.74, 6) is -1.59. The second-order valence-electron chi connectivity index (χ2n) is 4.14. The quantitative estimate of drug-likeness (QED) is 0.501. The zero-order valence-corrected chi connectivity index (χ0v) is 9.62. The molecule has 17 heavy (non-hydrogen) atoms. The lowest BCUT2D eigenvalue weighted by molar-refractivity contribution is -0.199. The Balaban J connectivity index is 2.79. The number of ether oxygens (including phenoxy) is 2. The molecular formula is C10H16O7. The molecule has 0 unspecified atom stereocenters. The van der Waals surface area contributed by atoms with Gasteiger partial charge in [-0.15, -0.1) is 0 Å². The van der Waals surface area contributed by atoms with Crippen molar-refractivity contribution in [3.63, 3.8) is 0 Å². The van der Waals surface area contributed by atoms with Crippen molar-refractivity contribution in [1.82, 2.24) is 0 Å². The SMILES string of the molecule is COC(=O)C1(O)C[C@@H](O)C(OC(C)=O)[C@H](O)C1. The summed E-state index contributed by atoms with van der Waals surface area (Å²) in [6.45, 7) is 1.14. The normalized spacial score (nSPS) is 37.4. The molecule has 7 heteroatoms. The third-order valence-electron chi connectivity index (χ3n) is 2.72. The van der Waals surface area contributed by atoms with Crippen LogP contribution < -0.4 is 0 Å². The molecule has 1 saturated carbocycles. The van der Waals surface area contributed by atoms with Crippen molar-refractivity contribution >= 4 is 11.9 Å². The summed E-state index contributed by atoms with van der Waals surface area (Å²) in [5, 5.41) is 29.2. The van der Waals surface area contributed by atoms with Gasteiger partial charge in [0.05, 0.1) is 19.3 Å². The third-order valence-corrected chi connectivity index (χ3v) is 2.72. The second-order valence-corrected chi connectivity index (χ2v) is 4.14. The molecule has 0 bridgehead atoms. The Morgan fingerprint density at radius 3 is 2.06 bits per heavy atom. The molecule has 7 nitrogen and oxygen atoms in total. The lowest BCUT2D eigenvalue weighted by Gasteiger charge is -2.39. The van der Waals surface area contributed by atoms with E-state index in [9.17, 15) is 24.9 Å². The number of aliphatic hydroxyl groups is 3. The first-order valence-corrected chi connectivity index (χ1v) is 5.14. The Bertz CT molecular complexity index is 302. The fourth-order valence-electron chi connectivity index (χ4n) is 1.97. The van der Waals surface area contributed by atoms with Gasteiger partial charge in [-0.25, -0.2) is 4.79 Å². The van der Waals surface area contributed by atoms with Gasteiger partial charge in [0, 0.05) is 19.8 Å². The van der Waals surface area contributed by atoms with Crippen LogP contribution in [-0.2, 0) is 19.1 Å². The highest BCUT2D eigenvalue weighted by Gasteiger charge is 2.50. The van der Waals surface area contributed by atoms with Gasteiger partial charge < -0.3 is 24.8 Å². The standard InChI is InChI=1S/C10H16O7/c1-5(11)17-8-6(12)3-10(15,4-7(8)13)9(14)16-2/h6-8,12-13,15H,3-4H2,1-2H3/t6-,7-,8?,10?/m1/s1. The van der Waals surface area contributed by atoms with Crippen molar-refractivity contribution < 1.29 is 34.4 Å². The monoisotopic (exact) mass is 248 g/mol. The molecule has 0 amide bonds. The molecule has 1 aliphatic carbocycles. The van der Waals surface area contributed by atoms with Crippen LogP contribution in [0.2, 0.25) is 0 Å². The van der Waals surface area contributed by atoms with Crippen molar-refractivity contribution in [3.8, 4) is 0 Å². The highest BCUT2D eigenvalue weighted by Crippen LogP contribution is 2.31. The topological polar surface area (TPSA) is 113 Å². The first kappa shape index (κ1) is 13.9.